The van der Waals surface area contributed by atoms with Crippen LogP contribution in [0.5, 0.6) is 0 Å². The highest BCUT2D eigenvalue weighted by molar-refractivity contribution is 4.87. The van der Waals surface area contributed by atoms with Crippen molar-refractivity contribution in [3.05, 3.63) is 0 Å². The molecule has 1 saturated carbocycles. The van der Waals surface area contributed by atoms with Crippen LogP contribution in [0, 0.1) is 0 Å². The molecule has 0 aromatic rings. The molecule has 2 fully saturated rings. The largest absolute Gasteiger partial charge is 0.370 e. The molecule has 0 spiro atoms. The van der Waals surface area contributed by atoms with Gasteiger partial charge >= 0.3 is 0 Å². The zero-order valence-corrected chi connectivity index (χ0v) is 8.39. The maximum Gasteiger partial charge on any atom is 0.0841 e. The molecule has 2 unspecified atom stereocenters. The Morgan fingerprint density at radius 3 is 1.45 bits per heavy atom. The molecule has 68 valence electrons. The predicted molar refractivity (Wildman–Crippen MR) is 49.8 cm³/mol. The Labute approximate surface area is 71.1 Å². The Bertz CT molecular complexity index is 70.9. The van der Waals surface area contributed by atoms with Crippen molar-refractivity contribution in [2.45, 2.75) is 65.6 Å². The summed E-state index contributed by atoms with van der Waals surface area (Å²) in [6, 6.07) is 0. The maximum absolute atomic E-state index is 5.28. The van der Waals surface area contributed by atoms with Crippen LogP contribution in [0.1, 0.15) is 53.4 Å². The van der Waals surface area contributed by atoms with Crippen molar-refractivity contribution in [3.8, 4) is 0 Å². The van der Waals surface area contributed by atoms with Gasteiger partial charge in [0.25, 0.3) is 0 Å². The number of hydrogen-bond acceptors (Lipinski definition) is 1. The average Bonchev–Trinajstić information content (AvgIpc) is 2.90. The first-order valence-corrected chi connectivity index (χ1v) is 5.12. The Balaban J connectivity index is 0.000000222. The standard InChI is InChI=1S/C6H10O.2C2H6/c1-2-4-6-5(3-1)7-6;2*1-2/h5-6H,1-4H2;2*1-2H3. The second-order valence-electron chi connectivity index (χ2n) is 2.50. The highest BCUT2D eigenvalue weighted by Crippen LogP contribution is 2.35. The molecule has 1 saturated heterocycles. The molecule has 2 aliphatic rings. The van der Waals surface area contributed by atoms with Crippen LogP contribution in [0.25, 0.3) is 0 Å². The van der Waals surface area contributed by atoms with E-state index in [1.165, 1.54) is 25.7 Å². The third kappa shape index (κ3) is 3.76. The summed E-state index contributed by atoms with van der Waals surface area (Å²) in [7, 11) is 0. The second-order valence-corrected chi connectivity index (χ2v) is 2.50. The van der Waals surface area contributed by atoms with Crippen LogP contribution in [0.15, 0.2) is 0 Å². The minimum absolute atomic E-state index is 0.703. The SMILES string of the molecule is C1CCC2OC2C1.CC.CC. The van der Waals surface area contributed by atoms with Gasteiger partial charge in [-0.1, -0.05) is 40.5 Å². The summed E-state index contributed by atoms with van der Waals surface area (Å²) in [5.41, 5.74) is 0. The minimum atomic E-state index is 0.703. The molecule has 1 aliphatic heterocycles. The summed E-state index contributed by atoms with van der Waals surface area (Å²) in [4.78, 5) is 0. The third-order valence-electron chi connectivity index (χ3n) is 1.91. The van der Waals surface area contributed by atoms with Crippen molar-refractivity contribution < 1.29 is 4.74 Å². The summed E-state index contributed by atoms with van der Waals surface area (Å²) in [5, 5.41) is 0. The van der Waals surface area contributed by atoms with E-state index in [9.17, 15) is 0 Å². The zero-order chi connectivity index (χ0) is 8.69. The molecule has 0 aromatic carbocycles. The number of rotatable bonds is 0. The van der Waals surface area contributed by atoms with E-state index in [1.807, 2.05) is 27.7 Å². The Hall–Kier alpha value is -0.0400. The first-order chi connectivity index (χ1) is 5.47. The molecule has 1 nitrogen and oxygen atoms in total. The lowest BCUT2D eigenvalue weighted by molar-refractivity contribution is 0.373. The summed E-state index contributed by atoms with van der Waals surface area (Å²) < 4.78 is 5.28. The highest BCUT2D eigenvalue weighted by Gasteiger charge is 2.39. The van der Waals surface area contributed by atoms with Gasteiger partial charge in [0.1, 0.15) is 0 Å². The molecular weight excluding hydrogens is 136 g/mol. The van der Waals surface area contributed by atoms with E-state index in [-0.39, 0.29) is 0 Å². The molecule has 0 radical (unpaired) electrons. The number of epoxide rings is 1. The van der Waals surface area contributed by atoms with E-state index in [0.29, 0.717) is 12.2 Å². The molecule has 0 aromatic heterocycles. The number of ether oxygens (including phenoxy) is 1. The van der Waals surface area contributed by atoms with Crippen LogP contribution in [0.2, 0.25) is 0 Å². The molecule has 1 aliphatic carbocycles. The lowest BCUT2D eigenvalue weighted by Crippen LogP contribution is -2.00. The van der Waals surface area contributed by atoms with Crippen molar-refractivity contribution in [3.63, 3.8) is 0 Å². The molecule has 1 heterocycles. The highest BCUT2D eigenvalue weighted by atomic mass is 16.6. The average molecular weight is 158 g/mol. The molecule has 0 bridgehead atoms. The van der Waals surface area contributed by atoms with Crippen molar-refractivity contribution in [1.29, 1.82) is 0 Å². The van der Waals surface area contributed by atoms with Crippen LogP contribution < -0.4 is 0 Å². The van der Waals surface area contributed by atoms with Gasteiger partial charge in [-0.3, -0.25) is 0 Å². The van der Waals surface area contributed by atoms with Crippen LogP contribution in [0.3, 0.4) is 0 Å². The minimum Gasteiger partial charge on any atom is -0.370 e. The monoisotopic (exact) mass is 158 g/mol. The van der Waals surface area contributed by atoms with Crippen molar-refractivity contribution in [2.24, 2.45) is 0 Å². The van der Waals surface area contributed by atoms with Gasteiger partial charge in [-0.25, -0.2) is 0 Å². The summed E-state index contributed by atoms with van der Waals surface area (Å²) in [6.45, 7) is 8.00. The first-order valence-electron chi connectivity index (χ1n) is 5.12. The molecule has 0 N–H and O–H groups in total. The predicted octanol–water partition coefficient (Wildman–Crippen LogP) is 3.38. The van der Waals surface area contributed by atoms with E-state index < -0.39 is 0 Å². The van der Waals surface area contributed by atoms with Gasteiger partial charge in [0, 0.05) is 0 Å². The normalized spacial score (nSPS) is 31.6. The van der Waals surface area contributed by atoms with Crippen molar-refractivity contribution >= 4 is 0 Å². The fraction of sp³-hybridized carbons (Fsp3) is 1.00. The third-order valence-corrected chi connectivity index (χ3v) is 1.91. The van der Waals surface area contributed by atoms with Gasteiger partial charge in [-0.2, -0.15) is 0 Å². The number of hydrogen-bond donors (Lipinski definition) is 0. The van der Waals surface area contributed by atoms with Crippen LogP contribution in [-0.2, 0) is 4.74 Å². The smallest absolute Gasteiger partial charge is 0.0841 e. The van der Waals surface area contributed by atoms with Crippen LogP contribution in [-0.4, -0.2) is 12.2 Å². The van der Waals surface area contributed by atoms with Gasteiger partial charge in [0.15, 0.2) is 0 Å². The fourth-order valence-corrected chi connectivity index (χ4v) is 1.38. The van der Waals surface area contributed by atoms with E-state index in [0.717, 1.165) is 0 Å². The van der Waals surface area contributed by atoms with Crippen molar-refractivity contribution in [2.75, 3.05) is 0 Å². The molecule has 1 heteroatoms. The zero-order valence-electron chi connectivity index (χ0n) is 8.39. The molecule has 0 amide bonds. The lowest BCUT2D eigenvalue weighted by atomic mass is 10.0. The van der Waals surface area contributed by atoms with Crippen LogP contribution in [0.4, 0.5) is 0 Å². The number of fused-ring (bicyclic) bond motifs is 1. The van der Waals surface area contributed by atoms with E-state index in [1.54, 1.807) is 0 Å². The van der Waals surface area contributed by atoms with Crippen LogP contribution >= 0.6 is 0 Å². The molecule has 11 heavy (non-hydrogen) atoms. The topological polar surface area (TPSA) is 12.5 Å². The van der Waals surface area contributed by atoms with Crippen molar-refractivity contribution in [1.82, 2.24) is 0 Å². The van der Waals surface area contributed by atoms with E-state index in [2.05, 4.69) is 0 Å². The maximum atomic E-state index is 5.28. The lowest BCUT2D eigenvalue weighted by Gasteiger charge is -2.00. The first kappa shape index (κ1) is 11.0. The Morgan fingerprint density at radius 1 is 0.818 bits per heavy atom. The summed E-state index contributed by atoms with van der Waals surface area (Å²) in [6.07, 6.45) is 6.89. The van der Waals surface area contributed by atoms with Gasteiger partial charge in [-0.05, 0) is 12.8 Å². The molecular formula is C10H22O. The molecule has 2 atom stereocenters. The Kier molecular flexibility index (Phi) is 6.63. The second kappa shape index (κ2) is 6.66. The van der Waals surface area contributed by atoms with Gasteiger partial charge in [0.2, 0.25) is 0 Å². The van der Waals surface area contributed by atoms with E-state index >= 15 is 0 Å². The fourth-order valence-electron chi connectivity index (χ4n) is 1.38. The van der Waals surface area contributed by atoms with E-state index in [4.69, 9.17) is 4.74 Å². The van der Waals surface area contributed by atoms with Gasteiger partial charge in [0.05, 0.1) is 12.2 Å². The van der Waals surface area contributed by atoms with Gasteiger partial charge < -0.3 is 4.74 Å². The quantitative estimate of drug-likeness (QED) is 0.492. The summed E-state index contributed by atoms with van der Waals surface area (Å²) in [5.74, 6) is 0. The summed E-state index contributed by atoms with van der Waals surface area (Å²) >= 11 is 0. The van der Waals surface area contributed by atoms with Gasteiger partial charge in [-0.15, -0.1) is 0 Å². The Morgan fingerprint density at radius 2 is 1.18 bits per heavy atom. The molecule has 2 rings (SSSR count).